The van der Waals surface area contributed by atoms with Crippen LogP contribution in [0.25, 0.3) is 0 Å². The molecule has 15 heavy (non-hydrogen) atoms. The van der Waals surface area contributed by atoms with Crippen LogP contribution in [0.4, 0.5) is 17.6 Å². The number of hydrogen-bond donors (Lipinski definition) is 0. The maximum absolute atomic E-state index is 13.1. The van der Waals surface area contributed by atoms with Crippen LogP contribution in [0, 0.1) is 23.3 Å². The molecule has 1 aromatic rings. The first kappa shape index (κ1) is 12.2. The molecule has 0 N–H and O–H groups in total. The third-order valence-corrected chi connectivity index (χ3v) is 2.40. The summed E-state index contributed by atoms with van der Waals surface area (Å²) in [7, 11) is 0. The summed E-state index contributed by atoms with van der Waals surface area (Å²) >= 11 is 2.69. The van der Waals surface area contributed by atoms with Gasteiger partial charge in [0.15, 0.2) is 29.1 Å². The Morgan fingerprint density at radius 1 is 1.07 bits per heavy atom. The lowest BCUT2D eigenvalue weighted by Gasteiger charge is -2.07. The second-order valence-corrected chi connectivity index (χ2v) is 3.36. The second-order valence-electron chi connectivity index (χ2n) is 2.80. The molecule has 82 valence electrons. The third kappa shape index (κ3) is 1.90. The predicted octanol–water partition coefficient (Wildman–Crippen LogP) is 3.34. The number of carbonyl (C=O) groups excluding carboxylic acids is 1. The van der Waals surface area contributed by atoms with Crippen molar-refractivity contribution in [3.05, 3.63) is 34.4 Å². The number of alkyl halides is 1. The lowest BCUT2D eigenvalue weighted by molar-refractivity contribution is 0.100. The van der Waals surface area contributed by atoms with Gasteiger partial charge in [0, 0.05) is 10.9 Å². The van der Waals surface area contributed by atoms with Crippen molar-refractivity contribution >= 4 is 21.7 Å². The lowest BCUT2D eigenvalue weighted by atomic mass is 10.1. The Balaban J connectivity index is 3.66. The topological polar surface area (TPSA) is 17.1 Å². The number of halogens is 5. The molecular formula is C9H5BrF4O. The average molecular weight is 285 g/mol. The van der Waals surface area contributed by atoms with Crippen molar-refractivity contribution in [3.63, 3.8) is 0 Å². The molecule has 0 bridgehead atoms. The van der Waals surface area contributed by atoms with Crippen LogP contribution in [0.15, 0.2) is 0 Å². The Labute approximate surface area is 91.2 Å². The van der Waals surface area contributed by atoms with E-state index < -0.39 is 40.2 Å². The zero-order valence-electron chi connectivity index (χ0n) is 7.51. The molecule has 0 heterocycles. The van der Waals surface area contributed by atoms with E-state index in [0.29, 0.717) is 0 Å². The fourth-order valence-electron chi connectivity index (χ4n) is 1.10. The summed E-state index contributed by atoms with van der Waals surface area (Å²) < 4.78 is 52.4. The molecule has 0 aliphatic rings. The minimum atomic E-state index is -1.66. The molecule has 0 radical (unpaired) electrons. The maximum Gasteiger partial charge on any atom is 0.173 e. The largest absolute Gasteiger partial charge is 0.294 e. The number of rotatable bonds is 2. The van der Waals surface area contributed by atoms with Crippen molar-refractivity contribution in [2.75, 3.05) is 0 Å². The molecule has 0 saturated heterocycles. The molecule has 0 atom stereocenters. The van der Waals surface area contributed by atoms with Crippen molar-refractivity contribution in [1.29, 1.82) is 0 Å². The molecular weight excluding hydrogens is 280 g/mol. The molecule has 0 amide bonds. The normalized spacial score (nSPS) is 10.5. The first-order valence-electron chi connectivity index (χ1n) is 3.83. The van der Waals surface area contributed by atoms with Gasteiger partial charge in [0.1, 0.15) is 0 Å². The quantitative estimate of drug-likeness (QED) is 0.352. The number of benzene rings is 1. The van der Waals surface area contributed by atoms with Crippen LogP contribution in [0.5, 0.6) is 0 Å². The Hall–Kier alpha value is -0.910. The van der Waals surface area contributed by atoms with Crippen LogP contribution in [0.1, 0.15) is 22.8 Å². The van der Waals surface area contributed by atoms with Crippen molar-refractivity contribution < 1.29 is 22.4 Å². The van der Waals surface area contributed by atoms with Gasteiger partial charge in [0.05, 0.1) is 5.56 Å². The van der Waals surface area contributed by atoms with Crippen LogP contribution < -0.4 is 0 Å². The lowest BCUT2D eigenvalue weighted by Crippen LogP contribution is -2.10. The van der Waals surface area contributed by atoms with Gasteiger partial charge < -0.3 is 0 Å². The number of ketones is 1. The van der Waals surface area contributed by atoms with Crippen LogP contribution in [-0.4, -0.2) is 5.78 Å². The average Bonchev–Trinajstić information content (AvgIpc) is 2.16. The summed E-state index contributed by atoms with van der Waals surface area (Å²) in [6, 6.07) is 0. The second kappa shape index (κ2) is 4.30. The van der Waals surface area contributed by atoms with E-state index in [2.05, 4.69) is 15.9 Å². The zero-order valence-corrected chi connectivity index (χ0v) is 9.09. The van der Waals surface area contributed by atoms with Gasteiger partial charge in [-0.2, -0.15) is 0 Å². The van der Waals surface area contributed by atoms with Gasteiger partial charge in [-0.1, -0.05) is 15.9 Å². The summed E-state index contributed by atoms with van der Waals surface area (Å²) in [6.07, 6.45) is 0. The highest BCUT2D eigenvalue weighted by atomic mass is 79.9. The molecule has 0 aliphatic carbocycles. The van der Waals surface area contributed by atoms with E-state index in [-0.39, 0.29) is 5.33 Å². The van der Waals surface area contributed by atoms with Crippen LogP contribution in [0.3, 0.4) is 0 Å². The van der Waals surface area contributed by atoms with Gasteiger partial charge in [-0.3, -0.25) is 4.79 Å². The van der Waals surface area contributed by atoms with Crippen LogP contribution in [-0.2, 0) is 5.33 Å². The molecule has 0 aliphatic heterocycles. The fraction of sp³-hybridized carbons (Fsp3) is 0.222. The summed E-state index contributed by atoms with van der Waals surface area (Å²) in [6.45, 7) is 0.828. The van der Waals surface area contributed by atoms with E-state index in [4.69, 9.17) is 0 Å². The summed E-state index contributed by atoms with van der Waals surface area (Å²) in [5, 5.41) is -0.378. The highest BCUT2D eigenvalue weighted by Crippen LogP contribution is 2.25. The molecule has 1 aromatic carbocycles. The molecule has 0 unspecified atom stereocenters. The number of Topliss-reactive ketones (excluding diaryl/α,β-unsaturated/α-hetero) is 1. The highest BCUT2D eigenvalue weighted by molar-refractivity contribution is 9.08. The molecule has 1 nitrogen and oxygen atoms in total. The van der Waals surface area contributed by atoms with Crippen LogP contribution >= 0.6 is 15.9 Å². The van der Waals surface area contributed by atoms with Gasteiger partial charge in [-0.25, -0.2) is 17.6 Å². The molecule has 0 fully saturated rings. The van der Waals surface area contributed by atoms with Crippen molar-refractivity contribution in [1.82, 2.24) is 0 Å². The summed E-state index contributed by atoms with van der Waals surface area (Å²) in [5.74, 6) is -7.47. The smallest absolute Gasteiger partial charge is 0.173 e. The first-order valence-corrected chi connectivity index (χ1v) is 4.95. The molecule has 0 aromatic heterocycles. The standard InChI is InChI=1S/C9H5BrF4O/c1-3(15)5-8(13)6(11)4(2-10)7(12)9(5)14/h2H2,1H3. The Morgan fingerprint density at radius 2 is 1.47 bits per heavy atom. The third-order valence-electron chi connectivity index (χ3n) is 1.84. The van der Waals surface area contributed by atoms with E-state index in [1.54, 1.807) is 0 Å². The zero-order chi connectivity index (χ0) is 11.7. The van der Waals surface area contributed by atoms with E-state index >= 15 is 0 Å². The predicted molar refractivity (Wildman–Crippen MR) is 48.9 cm³/mol. The highest BCUT2D eigenvalue weighted by Gasteiger charge is 2.26. The molecule has 1 rings (SSSR count). The molecule has 6 heteroatoms. The monoisotopic (exact) mass is 284 g/mol. The van der Waals surface area contributed by atoms with Gasteiger partial charge in [0.25, 0.3) is 0 Å². The van der Waals surface area contributed by atoms with E-state index in [0.717, 1.165) is 6.92 Å². The SMILES string of the molecule is CC(=O)c1c(F)c(F)c(CBr)c(F)c1F. The Morgan fingerprint density at radius 3 is 1.73 bits per heavy atom. The Bertz CT molecular complexity index is 402. The summed E-state index contributed by atoms with van der Waals surface area (Å²) in [5.41, 5.74) is -1.95. The van der Waals surface area contributed by atoms with E-state index in [1.807, 2.05) is 0 Å². The van der Waals surface area contributed by atoms with Gasteiger partial charge in [-0.05, 0) is 6.92 Å². The molecule has 0 spiro atoms. The minimum Gasteiger partial charge on any atom is -0.294 e. The van der Waals surface area contributed by atoms with Crippen molar-refractivity contribution in [3.8, 4) is 0 Å². The van der Waals surface area contributed by atoms with Gasteiger partial charge >= 0.3 is 0 Å². The van der Waals surface area contributed by atoms with E-state index in [9.17, 15) is 22.4 Å². The van der Waals surface area contributed by atoms with Gasteiger partial charge in [0.2, 0.25) is 0 Å². The van der Waals surface area contributed by atoms with Crippen molar-refractivity contribution in [2.24, 2.45) is 0 Å². The van der Waals surface area contributed by atoms with Crippen LogP contribution in [0.2, 0.25) is 0 Å². The summed E-state index contributed by atoms with van der Waals surface area (Å²) in [4.78, 5) is 10.8. The molecule has 0 saturated carbocycles. The number of carbonyl (C=O) groups is 1. The van der Waals surface area contributed by atoms with Crippen molar-refractivity contribution in [2.45, 2.75) is 12.3 Å². The first-order chi connectivity index (χ1) is 6.91. The van der Waals surface area contributed by atoms with E-state index in [1.165, 1.54) is 0 Å². The van der Waals surface area contributed by atoms with Gasteiger partial charge in [-0.15, -0.1) is 0 Å². The number of hydrogen-bond acceptors (Lipinski definition) is 1. The fourth-order valence-corrected chi connectivity index (χ4v) is 1.60. The Kier molecular flexibility index (Phi) is 3.49. The maximum atomic E-state index is 13.1. The minimum absolute atomic E-state index is 0.378.